The summed E-state index contributed by atoms with van der Waals surface area (Å²) < 4.78 is 5.03. The zero-order valence-corrected chi connectivity index (χ0v) is 9.71. The number of ether oxygens (including phenoxy) is 1. The van der Waals surface area contributed by atoms with Crippen molar-refractivity contribution in [3.8, 4) is 0 Å². The number of hydrogen-bond donors (Lipinski definition) is 2. The van der Waals surface area contributed by atoms with E-state index in [1.165, 1.54) is 0 Å². The Kier molecular flexibility index (Phi) is 5.47. The summed E-state index contributed by atoms with van der Waals surface area (Å²) in [4.78, 5) is 11.2. The molecule has 1 saturated heterocycles. The Labute approximate surface area is 91.8 Å². The predicted octanol–water partition coefficient (Wildman–Crippen LogP) is 1.37. The summed E-state index contributed by atoms with van der Waals surface area (Å²) in [5.74, 6) is 1.01. The van der Waals surface area contributed by atoms with E-state index in [1.807, 2.05) is 13.8 Å². The van der Waals surface area contributed by atoms with Gasteiger partial charge in [-0.2, -0.15) is 0 Å². The van der Waals surface area contributed by atoms with Gasteiger partial charge in [-0.1, -0.05) is 13.8 Å². The monoisotopic (exact) mass is 214 g/mol. The van der Waals surface area contributed by atoms with Gasteiger partial charge in [-0.15, -0.1) is 0 Å². The highest BCUT2D eigenvalue weighted by atomic mass is 16.5. The molecule has 0 aromatic heterocycles. The van der Waals surface area contributed by atoms with E-state index in [1.54, 1.807) is 0 Å². The molecular weight excluding hydrogens is 192 g/mol. The van der Waals surface area contributed by atoms with Crippen molar-refractivity contribution >= 4 is 6.09 Å². The van der Waals surface area contributed by atoms with E-state index in [0.717, 1.165) is 32.5 Å². The van der Waals surface area contributed by atoms with Gasteiger partial charge in [-0.05, 0) is 37.8 Å². The predicted molar refractivity (Wildman–Crippen MR) is 59.8 cm³/mol. The first-order chi connectivity index (χ1) is 7.18. The third-order valence-corrected chi connectivity index (χ3v) is 2.54. The van der Waals surface area contributed by atoms with Crippen molar-refractivity contribution in [3.63, 3.8) is 0 Å². The van der Waals surface area contributed by atoms with Crippen molar-refractivity contribution in [2.24, 2.45) is 11.8 Å². The average Bonchev–Trinajstić information content (AvgIpc) is 2.25. The van der Waals surface area contributed by atoms with E-state index in [4.69, 9.17) is 4.74 Å². The molecule has 2 N–H and O–H groups in total. The van der Waals surface area contributed by atoms with Gasteiger partial charge in [-0.25, -0.2) is 4.79 Å². The Morgan fingerprint density at radius 3 is 2.73 bits per heavy atom. The fourth-order valence-electron chi connectivity index (χ4n) is 1.61. The molecule has 1 rings (SSSR count). The molecule has 0 radical (unpaired) electrons. The van der Waals surface area contributed by atoms with Crippen LogP contribution < -0.4 is 10.6 Å². The summed E-state index contributed by atoms with van der Waals surface area (Å²) in [6, 6.07) is 0. The van der Waals surface area contributed by atoms with Gasteiger partial charge in [0, 0.05) is 6.54 Å². The van der Waals surface area contributed by atoms with E-state index in [0.29, 0.717) is 18.4 Å². The van der Waals surface area contributed by atoms with Gasteiger partial charge in [0.25, 0.3) is 0 Å². The Balaban J connectivity index is 2.05. The number of nitrogens with one attached hydrogen (secondary N) is 2. The summed E-state index contributed by atoms with van der Waals surface area (Å²) in [5.41, 5.74) is 0. The molecular formula is C11H22N2O2. The topological polar surface area (TPSA) is 50.4 Å². The second-order valence-electron chi connectivity index (χ2n) is 4.57. The second-order valence-corrected chi connectivity index (χ2v) is 4.57. The first kappa shape index (κ1) is 12.3. The van der Waals surface area contributed by atoms with Crippen LogP contribution in [0.1, 0.15) is 26.7 Å². The minimum atomic E-state index is -0.276. The van der Waals surface area contributed by atoms with E-state index in [-0.39, 0.29) is 6.09 Å². The number of carbonyl (C=O) groups is 1. The Morgan fingerprint density at radius 1 is 1.47 bits per heavy atom. The smallest absolute Gasteiger partial charge is 0.407 e. The molecule has 0 atom stereocenters. The van der Waals surface area contributed by atoms with E-state index < -0.39 is 0 Å². The summed E-state index contributed by atoms with van der Waals surface area (Å²) in [6.07, 6.45) is 2.01. The summed E-state index contributed by atoms with van der Waals surface area (Å²) >= 11 is 0. The third-order valence-electron chi connectivity index (χ3n) is 2.54. The lowest BCUT2D eigenvalue weighted by atomic mass is 9.98. The number of hydrogen-bond acceptors (Lipinski definition) is 3. The zero-order valence-electron chi connectivity index (χ0n) is 9.71. The van der Waals surface area contributed by atoms with Crippen molar-refractivity contribution in [2.45, 2.75) is 26.7 Å². The van der Waals surface area contributed by atoms with Crippen LogP contribution in [0.25, 0.3) is 0 Å². The lowest BCUT2D eigenvalue weighted by molar-refractivity contribution is 0.130. The van der Waals surface area contributed by atoms with Gasteiger partial charge in [0.1, 0.15) is 0 Å². The van der Waals surface area contributed by atoms with Crippen LogP contribution in [0, 0.1) is 11.8 Å². The maximum absolute atomic E-state index is 11.2. The molecule has 15 heavy (non-hydrogen) atoms. The molecule has 0 aromatic rings. The number of rotatable bonds is 4. The van der Waals surface area contributed by atoms with Crippen molar-refractivity contribution < 1.29 is 9.53 Å². The van der Waals surface area contributed by atoms with Gasteiger partial charge in [0.05, 0.1) is 6.61 Å². The Bertz CT molecular complexity index is 189. The maximum Gasteiger partial charge on any atom is 0.407 e. The van der Waals surface area contributed by atoms with Crippen molar-refractivity contribution in [1.29, 1.82) is 0 Å². The summed E-state index contributed by atoms with van der Waals surface area (Å²) in [5, 5.41) is 6.12. The third kappa shape index (κ3) is 5.62. The molecule has 1 fully saturated rings. The van der Waals surface area contributed by atoms with E-state index in [2.05, 4.69) is 10.6 Å². The van der Waals surface area contributed by atoms with Gasteiger partial charge in [0.2, 0.25) is 0 Å². The molecule has 88 valence electrons. The fraction of sp³-hybridized carbons (Fsp3) is 0.909. The Hall–Kier alpha value is -0.770. The number of carbonyl (C=O) groups excluding carboxylic acids is 1. The Morgan fingerprint density at radius 2 is 2.13 bits per heavy atom. The molecule has 0 unspecified atom stereocenters. The molecule has 4 heteroatoms. The fourth-order valence-corrected chi connectivity index (χ4v) is 1.61. The molecule has 1 amide bonds. The van der Waals surface area contributed by atoms with Gasteiger partial charge < -0.3 is 15.4 Å². The van der Waals surface area contributed by atoms with Crippen molar-refractivity contribution in [3.05, 3.63) is 0 Å². The molecule has 0 bridgehead atoms. The first-order valence-corrected chi connectivity index (χ1v) is 5.80. The zero-order chi connectivity index (χ0) is 11.1. The highest BCUT2D eigenvalue weighted by Crippen LogP contribution is 2.09. The SMILES string of the molecule is CC(C)COC(=O)NCC1CCNCC1. The lowest BCUT2D eigenvalue weighted by Crippen LogP contribution is -2.36. The van der Waals surface area contributed by atoms with Crippen LogP contribution in [-0.2, 0) is 4.74 Å². The van der Waals surface area contributed by atoms with Crippen LogP contribution in [0.2, 0.25) is 0 Å². The average molecular weight is 214 g/mol. The van der Waals surface area contributed by atoms with Crippen LogP contribution in [0.15, 0.2) is 0 Å². The number of amides is 1. The quantitative estimate of drug-likeness (QED) is 0.743. The lowest BCUT2D eigenvalue weighted by Gasteiger charge is -2.22. The molecule has 0 saturated carbocycles. The van der Waals surface area contributed by atoms with Crippen LogP contribution in [0.3, 0.4) is 0 Å². The molecule has 1 heterocycles. The molecule has 1 aliphatic rings. The molecule has 0 aliphatic carbocycles. The summed E-state index contributed by atoms with van der Waals surface area (Å²) in [7, 11) is 0. The molecule has 0 spiro atoms. The largest absolute Gasteiger partial charge is 0.449 e. The highest BCUT2D eigenvalue weighted by molar-refractivity contribution is 5.67. The van der Waals surface area contributed by atoms with Gasteiger partial charge >= 0.3 is 6.09 Å². The maximum atomic E-state index is 11.2. The van der Waals surface area contributed by atoms with Crippen LogP contribution >= 0.6 is 0 Å². The van der Waals surface area contributed by atoms with Crippen molar-refractivity contribution in [2.75, 3.05) is 26.2 Å². The van der Waals surface area contributed by atoms with Gasteiger partial charge in [0.15, 0.2) is 0 Å². The van der Waals surface area contributed by atoms with Crippen LogP contribution in [0.4, 0.5) is 4.79 Å². The van der Waals surface area contributed by atoms with E-state index >= 15 is 0 Å². The summed E-state index contributed by atoms with van der Waals surface area (Å²) in [6.45, 7) is 7.43. The first-order valence-electron chi connectivity index (χ1n) is 5.80. The standard InChI is InChI=1S/C11H22N2O2/c1-9(2)8-15-11(14)13-7-10-3-5-12-6-4-10/h9-10,12H,3-8H2,1-2H3,(H,13,14). The number of piperidine rings is 1. The van der Waals surface area contributed by atoms with Crippen LogP contribution in [-0.4, -0.2) is 32.3 Å². The number of alkyl carbamates (subject to hydrolysis) is 1. The van der Waals surface area contributed by atoms with Crippen LogP contribution in [0.5, 0.6) is 0 Å². The molecule has 4 nitrogen and oxygen atoms in total. The molecule has 0 aromatic carbocycles. The minimum absolute atomic E-state index is 0.276. The normalized spacial score (nSPS) is 17.8. The van der Waals surface area contributed by atoms with Crippen molar-refractivity contribution in [1.82, 2.24) is 10.6 Å². The van der Waals surface area contributed by atoms with E-state index in [9.17, 15) is 4.79 Å². The highest BCUT2D eigenvalue weighted by Gasteiger charge is 2.14. The minimum Gasteiger partial charge on any atom is -0.449 e. The molecule has 1 aliphatic heterocycles. The van der Waals surface area contributed by atoms with Gasteiger partial charge in [-0.3, -0.25) is 0 Å². The second kappa shape index (κ2) is 6.67.